The van der Waals surface area contributed by atoms with Crippen LogP contribution < -0.4 is 4.90 Å². The molecule has 146 valence electrons. The highest BCUT2D eigenvalue weighted by Crippen LogP contribution is 2.24. The molecular weight excluding hydrogens is 336 g/mol. The van der Waals surface area contributed by atoms with Gasteiger partial charge in [0.05, 0.1) is 0 Å². The van der Waals surface area contributed by atoms with E-state index in [1.54, 1.807) is 0 Å². The van der Waals surface area contributed by atoms with Crippen LogP contribution in [-0.2, 0) is 4.79 Å². The van der Waals surface area contributed by atoms with Crippen LogP contribution in [0.1, 0.15) is 32.1 Å². The molecule has 0 bridgehead atoms. The number of hydrogen-bond donors (Lipinski definition) is 0. The fraction of sp³-hybridized carbons (Fsp3) is 0.636. The lowest BCUT2D eigenvalue weighted by molar-refractivity contribution is -0.133. The van der Waals surface area contributed by atoms with E-state index in [-0.39, 0.29) is 0 Å². The standard InChI is InChI=1S/C22H32N4O/c27-22(16-19-6-1-2-7-19)26-11-5-8-20(18-26)17-24-12-14-25(15-13-24)21-9-3-4-10-23-21/h1,3-4,6,9-10,19-20H,2,5,7-8,11-18H2/t19-,20-/m1/s1. The Labute approximate surface area is 163 Å². The number of nitrogens with zero attached hydrogens (tertiary/aromatic N) is 4. The van der Waals surface area contributed by atoms with Crippen molar-refractivity contribution in [2.45, 2.75) is 32.1 Å². The summed E-state index contributed by atoms with van der Waals surface area (Å²) in [5.41, 5.74) is 0. The third-order valence-electron chi connectivity index (χ3n) is 6.28. The molecular formula is C22H32N4O. The lowest BCUT2D eigenvalue weighted by Crippen LogP contribution is -2.50. The van der Waals surface area contributed by atoms with E-state index in [1.165, 1.54) is 6.42 Å². The molecule has 3 heterocycles. The van der Waals surface area contributed by atoms with Gasteiger partial charge in [-0.15, -0.1) is 0 Å². The second-order valence-electron chi connectivity index (χ2n) is 8.29. The number of aromatic nitrogens is 1. The van der Waals surface area contributed by atoms with Crippen molar-refractivity contribution in [3.05, 3.63) is 36.5 Å². The van der Waals surface area contributed by atoms with Gasteiger partial charge in [-0.3, -0.25) is 9.69 Å². The van der Waals surface area contributed by atoms with Crippen molar-refractivity contribution in [3.8, 4) is 0 Å². The molecule has 2 saturated heterocycles. The molecule has 0 radical (unpaired) electrons. The smallest absolute Gasteiger partial charge is 0.223 e. The summed E-state index contributed by atoms with van der Waals surface area (Å²) in [4.78, 5) is 24.2. The zero-order valence-corrected chi connectivity index (χ0v) is 16.3. The quantitative estimate of drug-likeness (QED) is 0.750. The Bertz CT molecular complexity index is 639. The normalized spacial score (nSPS) is 26.5. The third-order valence-corrected chi connectivity index (χ3v) is 6.28. The van der Waals surface area contributed by atoms with E-state index in [0.717, 1.165) is 70.9 Å². The number of piperidine rings is 1. The van der Waals surface area contributed by atoms with Crippen molar-refractivity contribution in [2.75, 3.05) is 50.7 Å². The minimum Gasteiger partial charge on any atom is -0.354 e. The zero-order chi connectivity index (χ0) is 18.5. The minimum absolute atomic E-state index is 0.372. The Balaban J connectivity index is 1.22. The minimum atomic E-state index is 0.372. The lowest BCUT2D eigenvalue weighted by atomic mass is 9.95. The summed E-state index contributed by atoms with van der Waals surface area (Å²) in [6.07, 6.45) is 11.8. The molecule has 4 rings (SSSR count). The largest absolute Gasteiger partial charge is 0.354 e. The first kappa shape index (κ1) is 18.5. The number of rotatable bonds is 5. The maximum absolute atomic E-state index is 12.7. The predicted octanol–water partition coefficient (Wildman–Crippen LogP) is 2.80. The molecule has 1 aromatic rings. The van der Waals surface area contributed by atoms with Gasteiger partial charge in [-0.05, 0) is 49.7 Å². The maximum atomic E-state index is 12.7. The Morgan fingerprint density at radius 2 is 2.00 bits per heavy atom. The Morgan fingerprint density at radius 1 is 1.11 bits per heavy atom. The van der Waals surface area contributed by atoms with Crippen molar-refractivity contribution < 1.29 is 4.79 Å². The first-order valence-corrected chi connectivity index (χ1v) is 10.6. The maximum Gasteiger partial charge on any atom is 0.223 e. The average molecular weight is 369 g/mol. The summed E-state index contributed by atoms with van der Waals surface area (Å²) in [7, 11) is 0. The Morgan fingerprint density at radius 3 is 2.74 bits per heavy atom. The van der Waals surface area contributed by atoms with Gasteiger partial charge in [0.2, 0.25) is 5.91 Å². The summed E-state index contributed by atoms with van der Waals surface area (Å²) in [6, 6.07) is 6.13. The summed E-state index contributed by atoms with van der Waals surface area (Å²) >= 11 is 0. The lowest BCUT2D eigenvalue weighted by Gasteiger charge is -2.39. The highest BCUT2D eigenvalue weighted by atomic mass is 16.2. The van der Waals surface area contributed by atoms with E-state index < -0.39 is 0 Å². The van der Waals surface area contributed by atoms with Gasteiger partial charge in [0, 0.05) is 58.4 Å². The van der Waals surface area contributed by atoms with Crippen molar-refractivity contribution in [1.82, 2.24) is 14.8 Å². The molecule has 27 heavy (non-hydrogen) atoms. The van der Waals surface area contributed by atoms with Gasteiger partial charge in [-0.25, -0.2) is 4.98 Å². The monoisotopic (exact) mass is 368 g/mol. The number of amides is 1. The van der Waals surface area contributed by atoms with Crippen LogP contribution in [0.2, 0.25) is 0 Å². The van der Waals surface area contributed by atoms with Crippen LogP contribution in [0.15, 0.2) is 36.5 Å². The van der Waals surface area contributed by atoms with Crippen LogP contribution in [0.5, 0.6) is 0 Å². The second-order valence-corrected chi connectivity index (χ2v) is 8.29. The van der Waals surface area contributed by atoms with Gasteiger partial charge in [-0.2, -0.15) is 0 Å². The number of likely N-dealkylation sites (tertiary alicyclic amines) is 1. The SMILES string of the molecule is O=C(C[C@@H]1C=CCC1)N1CCC[C@H](CN2CCN(c3ccccn3)CC2)C1. The topological polar surface area (TPSA) is 39.7 Å². The van der Waals surface area contributed by atoms with Crippen LogP contribution in [0, 0.1) is 11.8 Å². The predicted molar refractivity (Wildman–Crippen MR) is 109 cm³/mol. The summed E-state index contributed by atoms with van der Waals surface area (Å²) in [6.45, 7) is 7.31. The molecule has 0 saturated carbocycles. The molecule has 0 N–H and O–H groups in total. The van der Waals surface area contributed by atoms with Gasteiger partial charge in [0.25, 0.3) is 0 Å². The van der Waals surface area contributed by atoms with Crippen LogP contribution >= 0.6 is 0 Å². The van der Waals surface area contributed by atoms with Gasteiger partial charge in [0.15, 0.2) is 0 Å². The summed E-state index contributed by atoms with van der Waals surface area (Å²) < 4.78 is 0. The number of allylic oxidation sites excluding steroid dienone is 2. The van der Waals surface area contributed by atoms with E-state index >= 15 is 0 Å². The van der Waals surface area contributed by atoms with Gasteiger partial charge >= 0.3 is 0 Å². The van der Waals surface area contributed by atoms with Crippen LogP contribution in [0.4, 0.5) is 5.82 Å². The molecule has 0 aromatic carbocycles. The van der Waals surface area contributed by atoms with E-state index in [1.807, 2.05) is 12.3 Å². The average Bonchev–Trinajstić information content (AvgIpc) is 3.22. The van der Waals surface area contributed by atoms with Crippen molar-refractivity contribution in [2.24, 2.45) is 11.8 Å². The van der Waals surface area contributed by atoms with Crippen LogP contribution in [0.3, 0.4) is 0 Å². The van der Waals surface area contributed by atoms with Gasteiger partial charge < -0.3 is 9.80 Å². The second kappa shape index (κ2) is 8.87. The molecule has 0 spiro atoms. The Kier molecular flexibility index (Phi) is 6.07. The molecule has 5 heteroatoms. The highest BCUT2D eigenvalue weighted by molar-refractivity contribution is 5.76. The molecule has 2 fully saturated rings. The molecule has 3 aliphatic rings. The van der Waals surface area contributed by atoms with Crippen molar-refractivity contribution in [3.63, 3.8) is 0 Å². The van der Waals surface area contributed by atoms with Gasteiger partial charge in [-0.1, -0.05) is 18.2 Å². The Hall–Kier alpha value is -1.88. The molecule has 0 unspecified atom stereocenters. The van der Waals surface area contributed by atoms with Crippen molar-refractivity contribution >= 4 is 11.7 Å². The molecule has 2 aliphatic heterocycles. The van der Waals surface area contributed by atoms with E-state index in [2.05, 4.69) is 44.0 Å². The number of carbonyl (C=O) groups is 1. The fourth-order valence-electron chi connectivity index (χ4n) is 4.72. The fourth-order valence-corrected chi connectivity index (χ4v) is 4.72. The molecule has 1 amide bonds. The zero-order valence-electron chi connectivity index (χ0n) is 16.3. The third kappa shape index (κ3) is 4.89. The summed E-state index contributed by atoms with van der Waals surface area (Å²) in [5.74, 6) is 2.57. The van der Waals surface area contributed by atoms with Crippen molar-refractivity contribution in [1.29, 1.82) is 0 Å². The number of anilines is 1. The van der Waals surface area contributed by atoms with E-state index in [9.17, 15) is 4.79 Å². The van der Waals surface area contributed by atoms with Crippen LogP contribution in [0.25, 0.3) is 0 Å². The molecule has 1 aromatic heterocycles. The number of carbonyl (C=O) groups excluding carboxylic acids is 1. The number of pyridine rings is 1. The number of hydrogen-bond acceptors (Lipinski definition) is 4. The molecule has 1 aliphatic carbocycles. The van der Waals surface area contributed by atoms with Gasteiger partial charge in [0.1, 0.15) is 5.82 Å². The van der Waals surface area contributed by atoms with Crippen LogP contribution in [-0.4, -0.2) is 66.5 Å². The molecule has 2 atom stereocenters. The number of piperazine rings is 1. The summed E-state index contributed by atoms with van der Waals surface area (Å²) in [5, 5.41) is 0. The first-order valence-electron chi connectivity index (χ1n) is 10.6. The highest BCUT2D eigenvalue weighted by Gasteiger charge is 2.28. The van der Waals surface area contributed by atoms with E-state index in [0.29, 0.717) is 24.2 Å². The van der Waals surface area contributed by atoms with E-state index in [4.69, 9.17) is 0 Å². The first-order chi connectivity index (χ1) is 13.3. The molecule has 5 nitrogen and oxygen atoms in total.